The topological polar surface area (TPSA) is 78.9 Å². The highest BCUT2D eigenvalue weighted by Gasteiger charge is 2.14. The van der Waals surface area contributed by atoms with Crippen LogP contribution < -0.4 is 10.6 Å². The zero-order chi connectivity index (χ0) is 16.5. The number of nitrogen functional groups attached to an aromatic ring is 1. The van der Waals surface area contributed by atoms with Gasteiger partial charge in [0, 0.05) is 10.9 Å². The lowest BCUT2D eigenvalue weighted by Gasteiger charge is -2.05. The molecular weight excluding hydrogens is 302 g/mol. The molecule has 4 rings (SSSR count). The maximum absolute atomic E-state index is 6.20. The van der Waals surface area contributed by atoms with Crippen molar-refractivity contribution in [1.82, 2.24) is 19.9 Å². The summed E-state index contributed by atoms with van der Waals surface area (Å²) in [6.07, 6.45) is 0. The van der Waals surface area contributed by atoms with Crippen molar-refractivity contribution < 1.29 is 4.74 Å². The number of ether oxygens (including phenoxy) is 1. The molecule has 0 saturated heterocycles. The first kappa shape index (κ1) is 14.2. The maximum atomic E-state index is 6.20. The van der Waals surface area contributed by atoms with Crippen LogP contribution in [-0.2, 0) is 0 Å². The van der Waals surface area contributed by atoms with Gasteiger partial charge in [0.2, 0.25) is 5.82 Å². The molecule has 0 aliphatic carbocycles. The first-order valence-electron chi connectivity index (χ1n) is 7.47. The van der Waals surface area contributed by atoms with E-state index in [0.29, 0.717) is 17.3 Å². The number of pyridine rings is 1. The molecule has 24 heavy (non-hydrogen) atoms. The third-order valence-electron chi connectivity index (χ3n) is 3.87. The van der Waals surface area contributed by atoms with Crippen molar-refractivity contribution >= 4 is 10.9 Å². The van der Waals surface area contributed by atoms with Crippen LogP contribution in [0, 0.1) is 0 Å². The number of nitrogens with two attached hydrogens (primary N) is 1. The fraction of sp³-hybridized carbons (Fsp3) is 0.0556. The molecule has 2 aromatic heterocycles. The van der Waals surface area contributed by atoms with E-state index in [4.69, 9.17) is 10.6 Å². The number of aromatic nitrogens is 4. The minimum absolute atomic E-state index is 0.520. The number of hydrogen-bond acceptors (Lipinski definition) is 5. The second kappa shape index (κ2) is 5.66. The van der Waals surface area contributed by atoms with E-state index in [1.807, 2.05) is 60.7 Å². The molecule has 0 radical (unpaired) electrons. The second-order valence-electron chi connectivity index (χ2n) is 5.33. The Morgan fingerprint density at radius 2 is 1.62 bits per heavy atom. The van der Waals surface area contributed by atoms with Gasteiger partial charge in [0.25, 0.3) is 0 Å². The normalized spacial score (nSPS) is 10.9. The van der Waals surface area contributed by atoms with Crippen LogP contribution in [0.25, 0.3) is 33.8 Å². The van der Waals surface area contributed by atoms with Crippen molar-refractivity contribution in [2.24, 2.45) is 0 Å². The summed E-state index contributed by atoms with van der Waals surface area (Å²) in [6, 6.07) is 19.3. The average molecular weight is 317 g/mol. The van der Waals surface area contributed by atoms with E-state index >= 15 is 0 Å². The van der Waals surface area contributed by atoms with Crippen LogP contribution in [0.15, 0.2) is 60.7 Å². The first-order chi connectivity index (χ1) is 11.8. The van der Waals surface area contributed by atoms with Crippen LogP contribution >= 0.6 is 0 Å². The molecular formula is C18H15N5O. The number of nitrogens with zero attached hydrogens (tertiary/aromatic N) is 4. The van der Waals surface area contributed by atoms with Gasteiger partial charge in [0.15, 0.2) is 5.82 Å². The minimum atomic E-state index is 0.520. The minimum Gasteiger partial charge on any atom is -0.497 e. The molecule has 0 atom stereocenters. The molecule has 6 nitrogen and oxygen atoms in total. The summed E-state index contributed by atoms with van der Waals surface area (Å²) >= 11 is 0. The maximum Gasteiger partial charge on any atom is 0.201 e. The van der Waals surface area contributed by atoms with Crippen LogP contribution in [0.5, 0.6) is 5.75 Å². The van der Waals surface area contributed by atoms with E-state index in [1.54, 1.807) is 7.11 Å². The van der Waals surface area contributed by atoms with Crippen molar-refractivity contribution in [1.29, 1.82) is 0 Å². The number of rotatable bonds is 3. The average Bonchev–Trinajstić information content (AvgIpc) is 3.03. The van der Waals surface area contributed by atoms with Crippen LogP contribution in [0.4, 0.5) is 0 Å². The van der Waals surface area contributed by atoms with Gasteiger partial charge in [-0.1, -0.05) is 24.3 Å². The van der Waals surface area contributed by atoms with Crippen LogP contribution in [-0.4, -0.2) is 27.0 Å². The fourth-order valence-electron chi connectivity index (χ4n) is 2.59. The lowest BCUT2D eigenvalue weighted by molar-refractivity contribution is 0.415. The van der Waals surface area contributed by atoms with Crippen molar-refractivity contribution in [3.63, 3.8) is 0 Å². The summed E-state index contributed by atoms with van der Waals surface area (Å²) in [5.74, 6) is 8.07. The Labute approximate surface area is 138 Å². The third kappa shape index (κ3) is 2.34. The van der Waals surface area contributed by atoms with Crippen molar-refractivity contribution in [2.75, 3.05) is 13.0 Å². The zero-order valence-electron chi connectivity index (χ0n) is 13.0. The molecule has 0 fully saturated rings. The number of fused-ring (bicyclic) bond motifs is 1. The molecule has 0 bridgehead atoms. The molecule has 0 aliphatic heterocycles. The number of hydrogen-bond donors (Lipinski definition) is 1. The Bertz CT molecular complexity index is 1010. The Morgan fingerprint density at radius 1 is 0.875 bits per heavy atom. The summed E-state index contributed by atoms with van der Waals surface area (Å²) in [5, 5.41) is 9.48. The molecule has 2 aromatic carbocycles. The zero-order valence-corrected chi connectivity index (χ0v) is 13.0. The van der Waals surface area contributed by atoms with Crippen LogP contribution in [0.1, 0.15) is 0 Å². The molecule has 118 valence electrons. The van der Waals surface area contributed by atoms with E-state index in [-0.39, 0.29) is 0 Å². The van der Waals surface area contributed by atoms with Crippen molar-refractivity contribution in [3.8, 4) is 28.7 Å². The second-order valence-corrected chi connectivity index (χ2v) is 5.33. The summed E-state index contributed by atoms with van der Waals surface area (Å²) in [6.45, 7) is 0. The lowest BCUT2D eigenvalue weighted by Crippen LogP contribution is -2.12. The summed E-state index contributed by atoms with van der Waals surface area (Å²) in [4.78, 5) is 4.62. The molecule has 0 aliphatic rings. The highest BCUT2D eigenvalue weighted by Crippen LogP contribution is 2.24. The summed E-state index contributed by atoms with van der Waals surface area (Å²) in [7, 11) is 1.63. The van der Waals surface area contributed by atoms with E-state index in [9.17, 15) is 0 Å². The molecule has 0 spiro atoms. The summed E-state index contributed by atoms with van der Waals surface area (Å²) in [5.41, 5.74) is 2.44. The van der Waals surface area contributed by atoms with Gasteiger partial charge in [-0.2, -0.15) is 0 Å². The lowest BCUT2D eigenvalue weighted by atomic mass is 10.2. The SMILES string of the molecule is COc1ccc(-c2nnc(-c3ccc4ccccc4n3)n2N)cc1. The largest absolute Gasteiger partial charge is 0.497 e. The van der Waals surface area contributed by atoms with E-state index in [0.717, 1.165) is 22.2 Å². The van der Waals surface area contributed by atoms with Gasteiger partial charge >= 0.3 is 0 Å². The summed E-state index contributed by atoms with van der Waals surface area (Å²) < 4.78 is 6.62. The highest BCUT2D eigenvalue weighted by molar-refractivity contribution is 5.80. The molecule has 0 unspecified atom stereocenters. The van der Waals surface area contributed by atoms with Gasteiger partial charge in [-0.3, -0.25) is 0 Å². The predicted molar refractivity (Wildman–Crippen MR) is 92.9 cm³/mol. The number of benzene rings is 2. The van der Waals surface area contributed by atoms with Gasteiger partial charge in [-0.15, -0.1) is 10.2 Å². The Morgan fingerprint density at radius 3 is 2.42 bits per heavy atom. The molecule has 2 N–H and O–H groups in total. The molecule has 6 heteroatoms. The van der Waals surface area contributed by atoms with Crippen molar-refractivity contribution in [2.45, 2.75) is 0 Å². The van der Waals surface area contributed by atoms with E-state index < -0.39 is 0 Å². The number of para-hydroxylation sites is 1. The molecule has 0 saturated carbocycles. The van der Waals surface area contributed by atoms with E-state index in [2.05, 4.69) is 15.2 Å². The third-order valence-corrected chi connectivity index (χ3v) is 3.87. The van der Waals surface area contributed by atoms with Gasteiger partial charge < -0.3 is 10.6 Å². The van der Waals surface area contributed by atoms with Gasteiger partial charge in [0.05, 0.1) is 12.6 Å². The van der Waals surface area contributed by atoms with Crippen LogP contribution in [0.3, 0.4) is 0 Å². The Hall–Kier alpha value is -3.41. The van der Waals surface area contributed by atoms with Crippen LogP contribution in [0.2, 0.25) is 0 Å². The standard InChI is InChI=1S/C18H15N5O/c1-24-14-9-6-13(7-10-14)17-21-22-18(23(17)19)16-11-8-12-4-2-3-5-15(12)20-16/h2-11H,19H2,1H3. The van der Waals surface area contributed by atoms with Gasteiger partial charge in [-0.05, 0) is 36.4 Å². The monoisotopic (exact) mass is 317 g/mol. The quantitative estimate of drug-likeness (QED) is 0.588. The smallest absolute Gasteiger partial charge is 0.201 e. The Balaban J connectivity index is 1.77. The van der Waals surface area contributed by atoms with Gasteiger partial charge in [-0.25, -0.2) is 9.66 Å². The number of methoxy groups -OCH3 is 1. The molecule has 0 amide bonds. The van der Waals surface area contributed by atoms with Crippen molar-refractivity contribution in [3.05, 3.63) is 60.7 Å². The first-order valence-corrected chi connectivity index (χ1v) is 7.47. The Kier molecular flexibility index (Phi) is 3.35. The highest BCUT2D eigenvalue weighted by atomic mass is 16.5. The molecule has 2 heterocycles. The van der Waals surface area contributed by atoms with Gasteiger partial charge in [0.1, 0.15) is 11.4 Å². The van der Waals surface area contributed by atoms with E-state index in [1.165, 1.54) is 4.68 Å². The fourth-order valence-corrected chi connectivity index (χ4v) is 2.59. The molecule has 4 aromatic rings. The predicted octanol–water partition coefficient (Wildman–Crippen LogP) is 2.88.